The van der Waals surface area contributed by atoms with Gasteiger partial charge in [-0.25, -0.2) is 17.6 Å². The summed E-state index contributed by atoms with van der Waals surface area (Å²) in [5.74, 6) is -6.46. The second kappa shape index (κ2) is 13.8. The molecule has 0 unspecified atom stereocenters. The van der Waals surface area contributed by atoms with Crippen molar-refractivity contribution in [3.8, 4) is 56.1 Å². The van der Waals surface area contributed by atoms with Crippen LogP contribution in [0.2, 0.25) is 0 Å². The minimum absolute atomic E-state index is 0.303. The highest BCUT2D eigenvalue weighted by Gasteiger charge is 2.32. The molecular weight excluding hydrogens is 761 g/mol. The van der Waals surface area contributed by atoms with Gasteiger partial charge in [0.25, 0.3) is 0 Å². The van der Waals surface area contributed by atoms with Crippen molar-refractivity contribution < 1.29 is 17.6 Å². The maximum atomic E-state index is 17.6. The van der Waals surface area contributed by atoms with Gasteiger partial charge < -0.3 is 9.13 Å². The van der Waals surface area contributed by atoms with Crippen molar-refractivity contribution in [3.05, 3.63) is 194 Å². The van der Waals surface area contributed by atoms with Crippen LogP contribution in [0.25, 0.3) is 100 Å². The van der Waals surface area contributed by atoms with Crippen molar-refractivity contribution in [2.24, 2.45) is 0 Å². The van der Waals surface area contributed by atoms with Crippen LogP contribution >= 0.6 is 0 Å². The first-order valence-electron chi connectivity index (χ1n) is 19.1. The average Bonchev–Trinajstić information content (AvgIpc) is 3.81. The number of rotatable bonds is 6. The number of halogens is 4. The summed E-state index contributed by atoms with van der Waals surface area (Å²) in [6, 6.07) is 44.4. The summed E-state index contributed by atoms with van der Waals surface area (Å²) in [4.78, 5) is 18.3. The Hall–Kier alpha value is -7.98. The fraction of sp³-hybridized carbons (Fsp3) is 0. The Labute approximate surface area is 339 Å². The van der Waals surface area contributed by atoms with E-state index in [1.165, 1.54) is 9.13 Å². The van der Waals surface area contributed by atoms with Crippen LogP contribution in [0.3, 0.4) is 0 Å². The molecule has 6 aromatic heterocycles. The summed E-state index contributed by atoms with van der Waals surface area (Å²) >= 11 is 0. The van der Waals surface area contributed by atoms with Gasteiger partial charge >= 0.3 is 0 Å². The molecule has 60 heavy (non-hydrogen) atoms. The third-order valence-electron chi connectivity index (χ3n) is 11.1. The van der Waals surface area contributed by atoms with E-state index < -0.39 is 34.6 Å². The van der Waals surface area contributed by atoms with Crippen molar-refractivity contribution in [1.29, 1.82) is 0 Å². The molecule has 0 bridgehead atoms. The molecule has 0 amide bonds. The van der Waals surface area contributed by atoms with Gasteiger partial charge in [-0.1, -0.05) is 72.8 Å². The first-order chi connectivity index (χ1) is 29.5. The van der Waals surface area contributed by atoms with Gasteiger partial charge in [0.1, 0.15) is 11.4 Å². The van der Waals surface area contributed by atoms with Crippen LogP contribution < -0.4 is 0 Å². The molecule has 0 radical (unpaired) electrons. The first-order valence-corrected chi connectivity index (χ1v) is 19.1. The summed E-state index contributed by atoms with van der Waals surface area (Å²) in [6.45, 7) is 0. The molecule has 6 nitrogen and oxygen atoms in total. The van der Waals surface area contributed by atoms with Crippen LogP contribution in [0.5, 0.6) is 0 Å². The fourth-order valence-electron chi connectivity index (χ4n) is 8.45. The van der Waals surface area contributed by atoms with Gasteiger partial charge in [-0.15, -0.1) is 0 Å². The standard InChI is InChI=1S/C50H28F4N6/c51-43-44(52)49(59-39-21-19-29(27-35(39)47-41(59)17-9-25-57-47)31-11-1-3-13-33(31)37-15-5-7-23-55-37)46(54)50(45(43)53)60-40-22-20-30(28-36(40)48-42(60)18-10-26-58-48)32-12-2-4-14-34(32)38-16-6-8-24-56-38/h1-28H. The third-order valence-corrected chi connectivity index (χ3v) is 11.1. The Morgan fingerprint density at radius 3 is 1.18 bits per heavy atom. The molecule has 10 heteroatoms. The lowest BCUT2D eigenvalue weighted by molar-refractivity contribution is 0.429. The number of fused-ring (bicyclic) bond motifs is 6. The number of hydrogen-bond acceptors (Lipinski definition) is 4. The maximum Gasteiger partial charge on any atom is 0.199 e. The predicted octanol–water partition coefficient (Wildman–Crippen LogP) is 12.7. The maximum absolute atomic E-state index is 17.6. The summed E-state index contributed by atoms with van der Waals surface area (Å²) in [5.41, 5.74) is 7.29. The van der Waals surface area contributed by atoms with Crippen molar-refractivity contribution in [2.45, 2.75) is 0 Å². The van der Waals surface area contributed by atoms with Gasteiger partial charge in [-0.05, 0) is 95.1 Å². The fourth-order valence-corrected chi connectivity index (χ4v) is 8.45. The molecule has 0 saturated carbocycles. The van der Waals surface area contributed by atoms with Gasteiger partial charge in [0.15, 0.2) is 23.3 Å². The zero-order valence-corrected chi connectivity index (χ0v) is 31.4. The Morgan fingerprint density at radius 1 is 0.333 bits per heavy atom. The zero-order valence-electron chi connectivity index (χ0n) is 31.4. The van der Waals surface area contributed by atoms with E-state index in [0.717, 1.165) is 44.8 Å². The highest BCUT2D eigenvalue weighted by molar-refractivity contribution is 6.10. The average molecular weight is 789 g/mol. The number of pyridine rings is 4. The highest BCUT2D eigenvalue weighted by atomic mass is 19.2. The van der Waals surface area contributed by atoms with Gasteiger partial charge in [0.05, 0.1) is 44.5 Å². The van der Waals surface area contributed by atoms with E-state index in [1.54, 1.807) is 61.2 Å². The van der Waals surface area contributed by atoms with E-state index in [-0.39, 0.29) is 0 Å². The molecule has 0 atom stereocenters. The van der Waals surface area contributed by atoms with E-state index in [9.17, 15) is 0 Å². The Kier molecular flexibility index (Phi) is 8.12. The molecule has 0 aliphatic carbocycles. The van der Waals surface area contributed by atoms with Crippen LogP contribution in [0.4, 0.5) is 17.6 Å². The lowest BCUT2D eigenvalue weighted by atomic mass is 9.96. The molecule has 5 aromatic carbocycles. The molecule has 0 N–H and O–H groups in total. The third kappa shape index (κ3) is 5.34. The van der Waals surface area contributed by atoms with E-state index in [2.05, 4.69) is 19.9 Å². The topological polar surface area (TPSA) is 61.4 Å². The predicted molar refractivity (Wildman–Crippen MR) is 228 cm³/mol. The first kappa shape index (κ1) is 35.2. The van der Waals surface area contributed by atoms with Gasteiger partial charge in [0, 0.05) is 46.7 Å². The van der Waals surface area contributed by atoms with Crippen molar-refractivity contribution in [1.82, 2.24) is 29.1 Å². The van der Waals surface area contributed by atoms with Crippen molar-refractivity contribution in [3.63, 3.8) is 0 Å². The largest absolute Gasteiger partial charge is 0.302 e. The molecule has 11 rings (SSSR count). The minimum Gasteiger partial charge on any atom is -0.302 e. The number of benzene rings is 5. The van der Waals surface area contributed by atoms with E-state index in [0.29, 0.717) is 43.9 Å². The molecule has 11 aromatic rings. The molecular formula is C50H28F4N6. The molecule has 0 aliphatic rings. The number of nitrogens with zero attached hydrogens (tertiary/aromatic N) is 6. The summed E-state index contributed by atoms with van der Waals surface area (Å²) in [7, 11) is 0. The molecule has 286 valence electrons. The van der Waals surface area contributed by atoms with Gasteiger partial charge in [-0.2, -0.15) is 0 Å². The molecule has 6 heterocycles. The Balaban J connectivity index is 1.14. The number of hydrogen-bond donors (Lipinski definition) is 0. The second-order valence-corrected chi connectivity index (χ2v) is 14.4. The smallest absolute Gasteiger partial charge is 0.199 e. The van der Waals surface area contributed by atoms with Crippen LogP contribution in [0.1, 0.15) is 0 Å². The molecule has 0 spiro atoms. The monoisotopic (exact) mass is 788 g/mol. The van der Waals surface area contributed by atoms with E-state index in [1.807, 2.05) is 109 Å². The van der Waals surface area contributed by atoms with Gasteiger partial charge in [-0.3, -0.25) is 19.9 Å². The van der Waals surface area contributed by atoms with E-state index >= 15 is 17.6 Å². The SMILES string of the molecule is Fc1c(F)c(-n2c3ccc(-c4ccccc4-c4ccccn4)cc3c3ncccc32)c(F)c(-n2c3ccc(-c4ccccc4-c4ccccn4)cc3c3ncccc32)c1F. The molecule has 0 fully saturated rings. The zero-order chi connectivity index (χ0) is 40.5. The van der Waals surface area contributed by atoms with Crippen LogP contribution in [0, 0.1) is 23.3 Å². The van der Waals surface area contributed by atoms with E-state index in [4.69, 9.17) is 0 Å². The van der Waals surface area contributed by atoms with Crippen molar-refractivity contribution in [2.75, 3.05) is 0 Å². The summed E-state index contributed by atoms with van der Waals surface area (Å²) in [6.07, 6.45) is 6.61. The second-order valence-electron chi connectivity index (χ2n) is 14.4. The van der Waals surface area contributed by atoms with Crippen LogP contribution in [-0.4, -0.2) is 29.1 Å². The summed E-state index contributed by atoms with van der Waals surface area (Å²) < 4.78 is 69.3. The minimum atomic E-state index is -1.82. The summed E-state index contributed by atoms with van der Waals surface area (Å²) in [5, 5.41) is 1.12. The lowest BCUT2D eigenvalue weighted by Gasteiger charge is -2.17. The number of aromatic nitrogens is 6. The molecule has 0 aliphatic heterocycles. The highest BCUT2D eigenvalue weighted by Crippen LogP contribution is 2.42. The van der Waals surface area contributed by atoms with Crippen LogP contribution in [0.15, 0.2) is 170 Å². The normalized spacial score (nSPS) is 11.7. The Bertz CT molecular complexity index is 3260. The lowest BCUT2D eigenvalue weighted by Crippen LogP contribution is -2.12. The van der Waals surface area contributed by atoms with Crippen molar-refractivity contribution >= 4 is 43.9 Å². The quantitative estimate of drug-likeness (QED) is 0.0956. The Morgan fingerprint density at radius 2 is 0.750 bits per heavy atom. The molecule has 0 saturated heterocycles. The van der Waals surface area contributed by atoms with Crippen LogP contribution in [-0.2, 0) is 0 Å². The van der Waals surface area contributed by atoms with Gasteiger partial charge in [0.2, 0.25) is 0 Å².